The van der Waals surface area contributed by atoms with Crippen LogP contribution in [0.3, 0.4) is 0 Å². The normalized spacial score (nSPS) is 12.2. The number of nitrogens with one attached hydrogen (secondary N) is 1. The number of rotatable bonds is 8. The van der Waals surface area contributed by atoms with Crippen molar-refractivity contribution in [2.75, 3.05) is 6.54 Å². The van der Waals surface area contributed by atoms with Gasteiger partial charge in [-0.05, 0) is 42.6 Å². The van der Waals surface area contributed by atoms with Gasteiger partial charge in [-0.3, -0.25) is 9.36 Å². The van der Waals surface area contributed by atoms with Crippen LogP contribution in [0.5, 0.6) is 0 Å². The smallest absolute Gasteiger partial charge is 0.261 e. The first-order valence-electron chi connectivity index (χ1n) is 10.6. The molecule has 0 radical (unpaired) electrons. The molecule has 0 aliphatic heterocycles. The Bertz CT molecular complexity index is 1150. The summed E-state index contributed by atoms with van der Waals surface area (Å²) < 4.78 is 1.83. The molecule has 152 valence electrons. The summed E-state index contributed by atoms with van der Waals surface area (Å²) in [5.41, 5.74) is 3.16. The topological polar surface area (TPSA) is 46.9 Å². The number of nitrogens with zero attached hydrogens (tertiary/aromatic N) is 2. The first-order valence-corrected chi connectivity index (χ1v) is 10.6. The molecule has 0 amide bonds. The third kappa shape index (κ3) is 4.50. The predicted octanol–water partition coefficient (Wildman–Crippen LogP) is 4.73. The molecule has 1 heterocycles. The highest BCUT2D eigenvalue weighted by Crippen LogP contribution is 2.18. The van der Waals surface area contributed by atoms with Crippen LogP contribution >= 0.6 is 0 Å². The van der Waals surface area contributed by atoms with E-state index in [0.717, 1.165) is 36.3 Å². The van der Waals surface area contributed by atoms with Crippen molar-refractivity contribution in [3.63, 3.8) is 0 Å². The number of para-hydroxylation sites is 1. The quantitative estimate of drug-likeness (QED) is 0.468. The number of aromatic nitrogens is 2. The highest BCUT2D eigenvalue weighted by molar-refractivity contribution is 5.77. The van der Waals surface area contributed by atoms with Crippen molar-refractivity contribution in [3.8, 4) is 0 Å². The van der Waals surface area contributed by atoms with Gasteiger partial charge in [0.15, 0.2) is 0 Å². The molecule has 4 rings (SSSR count). The number of hydrogen-bond acceptors (Lipinski definition) is 3. The number of fused-ring (bicyclic) bond motifs is 1. The average Bonchev–Trinajstić information content (AvgIpc) is 2.80. The SMILES string of the molecule is CC[C@H](NCCc1ccccc1)c1nc2ccccc2c(=O)n1Cc1ccccc1. The fourth-order valence-corrected chi connectivity index (χ4v) is 3.82. The minimum absolute atomic E-state index is 0.00901. The van der Waals surface area contributed by atoms with Crippen molar-refractivity contribution in [1.82, 2.24) is 14.9 Å². The van der Waals surface area contributed by atoms with Crippen LogP contribution in [0.1, 0.15) is 36.3 Å². The van der Waals surface area contributed by atoms with Gasteiger partial charge in [-0.1, -0.05) is 79.7 Å². The monoisotopic (exact) mass is 397 g/mol. The van der Waals surface area contributed by atoms with Crippen LogP contribution in [0, 0.1) is 0 Å². The van der Waals surface area contributed by atoms with Crippen molar-refractivity contribution in [3.05, 3.63) is 112 Å². The Hall–Kier alpha value is -3.24. The second-order valence-electron chi connectivity index (χ2n) is 7.51. The Morgan fingerprint density at radius 3 is 2.20 bits per heavy atom. The van der Waals surface area contributed by atoms with Gasteiger partial charge in [0.1, 0.15) is 5.82 Å². The van der Waals surface area contributed by atoms with Gasteiger partial charge in [-0.2, -0.15) is 0 Å². The first kappa shape index (κ1) is 20.0. The Morgan fingerprint density at radius 1 is 0.867 bits per heavy atom. The Balaban J connectivity index is 1.67. The van der Waals surface area contributed by atoms with E-state index in [-0.39, 0.29) is 11.6 Å². The Labute approximate surface area is 177 Å². The maximum atomic E-state index is 13.4. The summed E-state index contributed by atoms with van der Waals surface area (Å²) in [4.78, 5) is 18.3. The van der Waals surface area contributed by atoms with Crippen molar-refractivity contribution in [2.24, 2.45) is 0 Å². The summed E-state index contributed by atoms with van der Waals surface area (Å²) in [5.74, 6) is 0.804. The van der Waals surface area contributed by atoms with Crippen LogP contribution in [-0.2, 0) is 13.0 Å². The van der Waals surface area contributed by atoms with Crippen LogP contribution in [-0.4, -0.2) is 16.1 Å². The maximum Gasteiger partial charge on any atom is 0.261 e. The van der Waals surface area contributed by atoms with Crippen LogP contribution < -0.4 is 10.9 Å². The molecule has 0 aliphatic rings. The van der Waals surface area contributed by atoms with Gasteiger partial charge in [0.25, 0.3) is 5.56 Å². The Kier molecular flexibility index (Phi) is 6.35. The van der Waals surface area contributed by atoms with Crippen molar-refractivity contribution in [1.29, 1.82) is 0 Å². The molecule has 0 saturated carbocycles. The molecule has 4 aromatic rings. The summed E-state index contributed by atoms with van der Waals surface area (Å²) in [6.45, 7) is 3.48. The van der Waals surface area contributed by atoms with E-state index in [0.29, 0.717) is 11.9 Å². The van der Waals surface area contributed by atoms with Gasteiger partial charge in [0.2, 0.25) is 0 Å². The molecule has 0 bridgehead atoms. The zero-order valence-electron chi connectivity index (χ0n) is 17.3. The maximum absolute atomic E-state index is 13.4. The van der Waals surface area contributed by atoms with Crippen LogP contribution in [0.15, 0.2) is 89.7 Å². The molecule has 0 saturated heterocycles. The van der Waals surface area contributed by atoms with Crippen LogP contribution in [0.25, 0.3) is 10.9 Å². The van der Waals surface area contributed by atoms with E-state index < -0.39 is 0 Å². The van der Waals surface area contributed by atoms with Crippen molar-refractivity contribution >= 4 is 10.9 Å². The van der Waals surface area contributed by atoms with E-state index in [2.05, 4.69) is 48.6 Å². The molecule has 4 nitrogen and oxygen atoms in total. The molecule has 0 aliphatic carbocycles. The Morgan fingerprint density at radius 2 is 1.50 bits per heavy atom. The summed E-state index contributed by atoms with van der Waals surface area (Å²) in [6.07, 6.45) is 1.79. The number of benzene rings is 3. The molecule has 3 aromatic carbocycles. The highest BCUT2D eigenvalue weighted by Gasteiger charge is 2.18. The molecular weight excluding hydrogens is 370 g/mol. The van der Waals surface area contributed by atoms with E-state index in [9.17, 15) is 4.79 Å². The van der Waals surface area contributed by atoms with Crippen LogP contribution in [0.4, 0.5) is 0 Å². The summed E-state index contributed by atoms with van der Waals surface area (Å²) >= 11 is 0. The second-order valence-corrected chi connectivity index (χ2v) is 7.51. The van der Waals surface area contributed by atoms with Gasteiger partial charge < -0.3 is 5.32 Å². The number of hydrogen-bond donors (Lipinski definition) is 1. The van der Waals surface area contributed by atoms with Gasteiger partial charge in [-0.25, -0.2) is 4.98 Å². The second kappa shape index (κ2) is 9.51. The predicted molar refractivity (Wildman–Crippen MR) is 123 cm³/mol. The lowest BCUT2D eigenvalue weighted by Gasteiger charge is -2.22. The van der Waals surface area contributed by atoms with E-state index in [1.165, 1.54) is 5.56 Å². The highest BCUT2D eigenvalue weighted by atomic mass is 16.1. The third-order valence-electron chi connectivity index (χ3n) is 5.44. The third-order valence-corrected chi connectivity index (χ3v) is 5.44. The van der Waals surface area contributed by atoms with Gasteiger partial charge in [0.05, 0.1) is 23.5 Å². The molecule has 0 spiro atoms. The molecule has 0 unspecified atom stereocenters. The fourth-order valence-electron chi connectivity index (χ4n) is 3.82. The molecule has 0 fully saturated rings. The van der Waals surface area contributed by atoms with E-state index in [1.54, 1.807) is 0 Å². The zero-order valence-corrected chi connectivity index (χ0v) is 17.3. The molecular formula is C26H27N3O. The first-order chi connectivity index (χ1) is 14.8. The largest absolute Gasteiger partial charge is 0.307 e. The minimum Gasteiger partial charge on any atom is -0.307 e. The summed E-state index contributed by atoms with van der Waals surface area (Å²) in [7, 11) is 0. The lowest BCUT2D eigenvalue weighted by atomic mass is 10.1. The standard InChI is InChI=1S/C26H27N3O/c1-2-23(27-18-17-20-11-5-3-6-12-20)25-28-24-16-10-9-15-22(24)26(30)29(25)19-21-13-7-4-8-14-21/h3-16,23,27H,2,17-19H2,1H3/t23-/m0/s1. The van der Waals surface area contributed by atoms with E-state index in [4.69, 9.17) is 4.98 Å². The summed E-state index contributed by atoms with van der Waals surface area (Å²) in [6, 6.07) is 28.2. The fraction of sp³-hybridized carbons (Fsp3) is 0.231. The van der Waals surface area contributed by atoms with Crippen molar-refractivity contribution in [2.45, 2.75) is 32.4 Å². The van der Waals surface area contributed by atoms with Gasteiger partial charge in [0, 0.05) is 0 Å². The zero-order chi connectivity index (χ0) is 20.8. The summed E-state index contributed by atoms with van der Waals surface area (Å²) in [5, 5.41) is 4.29. The van der Waals surface area contributed by atoms with E-state index in [1.807, 2.05) is 53.1 Å². The molecule has 1 aromatic heterocycles. The van der Waals surface area contributed by atoms with Gasteiger partial charge >= 0.3 is 0 Å². The van der Waals surface area contributed by atoms with Crippen LogP contribution in [0.2, 0.25) is 0 Å². The lowest BCUT2D eigenvalue weighted by Crippen LogP contribution is -2.33. The van der Waals surface area contributed by atoms with E-state index >= 15 is 0 Å². The molecule has 30 heavy (non-hydrogen) atoms. The molecule has 1 N–H and O–H groups in total. The lowest BCUT2D eigenvalue weighted by molar-refractivity contribution is 0.470. The minimum atomic E-state index is 0.00901. The molecule has 1 atom stereocenters. The molecule has 4 heteroatoms. The van der Waals surface area contributed by atoms with Gasteiger partial charge in [-0.15, -0.1) is 0 Å². The van der Waals surface area contributed by atoms with Crippen molar-refractivity contribution < 1.29 is 0 Å². The average molecular weight is 398 g/mol.